The molecule has 1 saturated carbocycles. The highest BCUT2D eigenvalue weighted by atomic mass is 79.9. The van der Waals surface area contributed by atoms with Gasteiger partial charge in [0.15, 0.2) is 0 Å². The third kappa shape index (κ3) is 2.88. The van der Waals surface area contributed by atoms with E-state index in [9.17, 15) is 14.9 Å². The van der Waals surface area contributed by atoms with E-state index in [2.05, 4.69) is 15.9 Å². The van der Waals surface area contributed by atoms with Crippen molar-refractivity contribution in [2.75, 3.05) is 6.61 Å². The Morgan fingerprint density at radius 2 is 2.20 bits per heavy atom. The van der Waals surface area contributed by atoms with E-state index in [-0.39, 0.29) is 23.1 Å². The zero-order chi connectivity index (χ0) is 14.9. The average Bonchev–Trinajstić information content (AvgIpc) is 3.08. The maximum Gasteiger partial charge on any atom is 0.350 e. The molecular formula is C12H11BrClNO5. The smallest absolute Gasteiger partial charge is 0.350 e. The van der Waals surface area contributed by atoms with Gasteiger partial charge >= 0.3 is 11.7 Å². The predicted molar refractivity (Wildman–Crippen MR) is 75.0 cm³/mol. The number of ether oxygens (including phenoxy) is 2. The van der Waals surface area contributed by atoms with Gasteiger partial charge in [0.05, 0.1) is 11.5 Å². The van der Waals surface area contributed by atoms with E-state index < -0.39 is 16.5 Å². The average molecular weight is 365 g/mol. The van der Waals surface area contributed by atoms with Crippen LogP contribution >= 0.6 is 27.5 Å². The fourth-order valence-corrected chi connectivity index (χ4v) is 2.58. The highest BCUT2D eigenvalue weighted by molar-refractivity contribution is 9.10. The lowest BCUT2D eigenvalue weighted by atomic mass is 10.2. The number of nitrogens with zero attached hydrogens (tertiary/aromatic N) is 1. The van der Waals surface area contributed by atoms with Gasteiger partial charge in [-0.15, -0.1) is 0 Å². The maximum atomic E-state index is 11.8. The summed E-state index contributed by atoms with van der Waals surface area (Å²) in [6.07, 6.45) is 0.931. The summed E-state index contributed by atoms with van der Waals surface area (Å²) in [5, 5.41) is 11.0. The summed E-state index contributed by atoms with van der Waals surface area (Å²) in [6.45, 7) is 1.91. The molecule has 1 aromatic rings. The zero-order valence-electron chi connectivity index (χ0n) is 10.5. The van der Waals surface area contributed by atoms with E-state index in [0.717, 1.165) is 0 Å². The fourth-order valence-electron chi connectivity index (χ4n) is 1.73. The second-order valence-corrected chi connectivity index (χ2v) is 5.63. The minimum atomic E-state index is -1.12. The van der Waals surface area contributed by atoms with Crippen LogP contribution in [0.2, 0.25) is 5.02 Å². The summed E-state index contributed by atoms with van der Waals surface area (Å²) in [6, 6.07) is 2.82. The number of nitro benzene ring substituents is 1. The number of carbonyl (C=O) groups excluding carboxylic acids is 1. The lowest BCUT2D eigenvalue weighted by Gasteiger charge is -2.16. The van der Waals surface area contributed by atoms with Crippen molar-refractivity contribution in [1.82, 2.24) is 0 Å². The van der Waals surface area contributed by atoms with Crippen LogP contribution in [0.1, 0.15) is 19.8 Å². The summed E-state index contributed by atoms with van der Waals surface area (Å²) >= 11 is 9.04. The molecule has 1 aliphatic carbocycles. The van der Waals surface area contributed by atoms with Gasteiger partial charge < -0.3 is 9.47 Å². The fraction of sp³-hybridized carbons (Fsp3) is 0.417. The molecule has 1 aliphatic rings. The first kappa shape index (κ1) is 15.1. The molecule has 2 rings (SSSR count). The van der Waals surface area contributed by atoms with Gasteiger partial charge in [-0.25, -0.2) is 4.79 Å². The molecule has 0 aliphatic heterocycles. The van der Waals surface area contributed by atoms with Gasteiger partial charge in [0.25, 0.3) is 0 Å². The second-order valence-electron chi connectivity index (χ2n) is 4.31. The van der Waals surface area contributed by atoms with Crippen LogP contribution in [0.25, 0.3) is 0 Å². The topological polar surface area (TPSA) is 78.7 Å². The van der Waals surface area contributed by atoms with E-state index in [4.69, 9.17) is 21.1 Å². The minimum Gasteiger partial charge on any atom is -0.468 e. The Kier molecular flexibility index (Phi) is 4.19. The van der Waals surface area contributed by atoms with E-state index in [1.807, 2.05) is 0 Å². The number of carbonyl (C=O) groups is 1. The van der Waals surface area contributed by atoms with Gasteiger partial charge in [-0.1, -0.05) is 27.5 Å². The number of nitro groups is 1. The standard InChI is InChI=1S/C12H11BrClNO5/c1-2-19-11(16)12(3-4-12)20-9-6-7(13)5-8(14)10(9)15(17)18/h5-6H,2-4H2,1H3. The normalized spacial score (nSPS) is 15.6. The van der Waals surface area contributed by atoms with Crippen LogP contribution in [0.3, 0.4) is 0 Å². The molecule has 108 valence electrons. The molecule has 0 amide bonds. The molecule has 0 radical (unpaired) electrons. The van der Waals surface area contributed by atoms with E-state index in [0.29, 0.717) is 17.3 Å². The molecule has 1 aromatic carbocycles. The van der Waals surface area contributed by atoms with Gasteiger partial charge in [-0.05, 0) is 13.0 Å². The minimum absolute atomic E-state index is 0.0417. The molecule has 1 fully saturated rings. The molecule has 0 bridgehead atoms. The third-order valence-electron chi connectivity index (χ3n) is 2.83. The van der Waals surface area contributed by atoms with Crippen LogP contribution in [0.4, 0.5) is 5.69 Å². The Bertz CT molecular complexity index is 573. The summed E-state index contributed by atoms with van der Waals surface area (Å²) < 4.78 is 11.0. The van der Waals surface area contributed by atoms with Crippen molar-refractivity contribution in [3.8, 4) is 5.75 Å². The van der Waals surface area contributed by atoms with Gasteiger partial charge in [0, 0.05) is 23.4 Å². The summed E-state index contributed by atoms with van der Waals surface area (Å²) in [4.78, 5) is 22.3. The van der Waals surface area contributed by atoms with Crippen molar-refractivity contribution in [3.05, 3.63) is 31.7 Å². The third-order valence-corrected chi connectivity index (χ3v) is 3.58. The molecule has 8 heteroatoms. The summed E-state index contributed by atoms with van der Waals surface area (Å²) in [5.41, 5.74) is -1.48. The predicted octanol–water partition coefficient (Wildman–Crippen LogP) is 3.49. The van der Waals surface area contributed by atoms with Crippen LogP contribution < -0.4 is 4.74 Å². The van der Waals surface area contributed by atoms with Crippen molar-refractivity contribution < 1.29 is 19.2 Å². The van der Waals surface area contributed by atoms with Crippen LogP contribution in [-0.4, -0.2) is 23.1 Å². The molecular weight excluding hydrogens is 353 g/mol. The largest absolute Gasteiger partial charge is 0.468 e. The molecule has 0 aromatic heterocycles. The van der Waals surface area contributed by atoms with Crippen molar-refractivity contribution in [2.24, 2.45) is 0 Å². The first-order valence-corrected chi connectivity index (χ1v) is 7.06. The molecule has 0 saturated heterocycles. The van der Waals surface area contributed by atoms with Crippen LogP contribution in [0.5, 0.6) is 5.75 Å². The Labute approximate surface area is 128 Å². The van der Waals surface area contributed by atoms with Crippen LogP contribution in [0, 0.1) is 10.1 Å². The SMILES string of the molecule is CCOC(=O)C1(Oc2cc(Br)cc(Cl)c2[N+](=O)[O-])CC1. The summed E-state index contributed by atoms with van der Waals surface area (Å²) in [5.74, 6) is -0.551. The first-order valence-electron chi connectivity index (χ1n) is 5.89. The number of benzene rings is 1. The molecule has 6 nitrogen and oxygen atoms in total. The van der Waals surface area contributed by atoms with Gasteiger partial charge in [0.2, 0.25) is 11.4 Å². The highest BCUT2D eigenvalue weighted by Crippen LogP contribution is 2.46. The van der Waals surface area contributed by atoms with Crippen molar-refractivity contribution in [2.45, 2.75) is 25.4 Å². The highest BCUT2D eigenvalue weighted by Gasteiger charge is 2.55. The van der Waals surface area contributed by atoms with E-state index in [1.165, 1.54) is 12.1 Å². The second kappa shape index (κ2) is 5.57. The van der Waals surface area contributed by atoms with E-state index in [1.54, 1.807) is 6.92 Å². The number of rotatable bonds is 5. The van der Waals surface area contributed by atoms with Crippen LogP contribution in [0.15, 0.2) is 16.6 Å². The number of hydrogen-bond acceptors (Lipinski definition) is 5. The lowest BCUT2D eigenvalue weighted by Crippen LogP contribution is -2.31. The number of halogens is 2. The Morgan fingerprint density at radius 3 is 2.70 bits per heavy atom. The quantitative estimate of drug-likeness (QED) is 0.454. The van der Waals surface area contributed by atoms with Crippen molar-refractivity contribution in [3.63, 3.8) is 0 Å². The van der Waals surface area contributed by atoms with Crippen LogP contribution in [-0.2, 0) is 9.53 Å². The molecule has 0 atom stereocenters. The Hall–Kier alpha value is -1.34. The Balaban J connectivity index is 2.34. The molecule has 0 N–H and O–H groups in total. The van der Waals surface area contributed by atoms with E-state index >= 15 is 0 Å². The lowest BCUT2D eigenvalue weighted by molar-refractivity contribution is -0.385. The maximum absolute atomic E-state index is 11.8. The molecule has 0 unspecified atom stereocenters. The first-order chi connectivity index (χ1) is 9.39. The monoisotopic (exact) mass is 363 g/mol. The number of hydrogen-bond donors (Lipinski definition) is 0. The summed E-state index contributed by atoms with van der Waals surface area (Å²) in [7, 11) is 0. The van der Waals surface area contributed by atoms with Gasteiger partial charge in [0.1, 0.15) is 5.02 Å². The Morgan fingerprint density at radius 1 is 1.55 bits per heavy atom. The molecule has 20 heavy (non-hydrogen) atoms. The zero-order valence-corrected chi connectivity index (χ0v) is 12.9. The molecule has 0 heterocycles. The van der Waals surface area contributed by atoms with Gasteiger partial charge in [-0.3, -0.25) is 10.1 Å². The number of esters is 1. The molecule has 0 spiro atoms. The van der Waals surface area contributed by atoms with Gasteiger partial charge in [-0.2, -0.15) is 0 Å². The van der Waals surface area contributed by atoms with Crippen molar-refractivity contribution >= 4 is 39.2 Å². The van der Waals surface area contributed by atoms with Crippen molar-refractivity contribution in [1.29, 1.82) is 0 Å².